The molecule has 1 aliphatic rings. The van der Waals surface area contributed by atoms with Gasteiger partial charge in [0.25, 0.3) is 0 Å². The highest BCUT2D eigenvalue weighted by Crippen LogP contribution is 2.15. The Kier molecular flexibility index (Phi) is 4.75. The first-order valence-electron chi connectivity index (χ1n) is 6.56. The molecule has 18 heavy (non-hydrogen) atoms. The van der Waals surface area contributed by atoms with Gasteiger partial charge in [0.2, 0.25) is 11.8 Å². The largest absolute Gasteiger partial charge is 0.476 e. The van der Waals surface area contributed by atoms with Gasteiger partial charge in [0, 0.05) is 12.5 Å². The molecule has 0 aromatic carbocycles. The summed E-state index contributed by atoms with van der Waals surface area (Å²) >= 11 is 0. The van der Waals surface area contributed by atoms with Gasteiger partial charge in [-0.05, 0) is 33.2 Å². The fourth-order valence-electron chi connectivity index (χ4n) is 1.97. The molecule has 5 nitrogen and oxygen atoms in total. The molecule has 2 rings (SSSR count). The minimum atomic E-state index is 0.0945. The van der Waals surface area contributed by atoms with Crippen LogP contribution in [0.3, 0.4) is 0 Å². The van der Waals surface area contributed by atoms with Crippen molar-refractivity contribution in [2.24, 2.45) is 5.92 Å². The highest BCUT2D eigenvalue weighted by Gasteiger charge is 2.14. The Morgan fingerprint density at radius 3 is 2.94 bits per heavy atom. The van der Waals surface area contributed by atoms with Crippen molar-refractivity contribution >= 4 is 0 Å². The molecule has 0 bridgehead atoms. The van der Waals surface area contributed by atoms with Gasteiger partial charge in [-0.2, -0.15) is 4.98 Å². The lowest BCUT2D eigenvalue weighted by molar-refractivity contribution is 0.200. The number of rotatable bonds is 5. The molecule has 1 saturated heterocycles. The SMILES string of the molecule is CC(C)Oc1cncc(OCC2CCCNC2)n1. The molecular formula is C13H21N3O2. The molecule has 100 valence electrons. The number of nitrogens with one attached hydrogen (secondary N) is 1. The number of aromatic nitrogens is 2. The van der Waals surface area contributed by atoms with Gasteiger partial charge in [0.1, 0.15) is 0 Å². The van der Waals surface area contributed by atoms with Crippen molar-refractivity contribution in [3.63, 3.8) is 0 Å². The Labute approximate surface area is 108 Å². The van der Waals surface area contributed by atoms with E-state index < -0.39 is 0 Å². The van der Waals surface area contributed by atoms with Crippen LogP contribution in [0.25, 0.3) is 0 Å². The quantitative estimate of drug-likeness (QED) is 0.862. The molecule has 1 aromatic rings. The van der Waals surface area contributed by atoms with Crippen LogP contribution in [-0.4, -0.2) is 35.8 Å². The Bertz CT molecular complexity index is 365. The molecule has 1 aromatic heterocycles. The van der Waals surface area contributed by atoms with Gasteiger partial charge >= 0.3 is 0 Å². The summed E-state index contributed by atoms with van der Waals surface area (Å²) in [6.07, 6.45) is 5.76. The lowest BCUT2D eigenvalue weighted by atomic mass is 10.0. The zero-order valence-corrected chi connectivity index (χ0v) is 11.1. The fraction of sp³-hybridized carbons (Fsp3) is 0.692. The van der Waals surface area contributed by atoms with E-state index >= 15 is 0 Å². The molecule has 1 aliphatic heterocycles. The zero-order chi connectivity index (χ0) is 12.8. The van der Waals surface area contributed by atoms with Crippen molar-refractivity contribution in [1.82, 2.24) is 15.3 Å². The van der Waals surface area contributed by atoms with Gasteiger partial charge in [-0.3, -0.25) is 4.98 Å². The molecule has 2 heterocycles. The first-order chi connectivity index (χ1) is 8.74. The van der Waals surface area contributed by atoms with Gasteiger partial charge in [-0.1, -0.05) is 0 Å². The summed E-state index contributed by atoms with van der Waals surface area (Å²) in [5.74, 6) is 1.62. The van der Waals surface area contributed by atoms with Crippen LogP contribution in [0.2, 0.25) is 0 Å². The number of piperidine rings is 1. The second-order valence-corrected chi connectivity index (χ2v) is 4.89. The number of hydrogen-bond donors (Lipinski definition) is 1. The summed E-state index contributed by atoms with van der Waals surface area (Å²) in [7, 11) is 0. The third kappa shape index (κ3) is 4.14. The Hall–Kier alpha value is -1.36. The second-order valence-electron chi connectivity index (χ2n) is 4.89. The molecule has 0 saturated carbocycles. The lowest BCUT2D eigenvalue weighted by Gasteiger charge is -2.22. The van der Waals surface area contributed by atoms with E-state index in [1.165, 1.54) is 12.8 Å². The monoisotopic (exact) mass is 251 g/mol. The molecular weight excluding hydrogens is 230 g/mol. The molecule has 0 aliphatic carbocycles. The van der Waals surface area contributed by atoms with Gasteiger partial charge < -0.3 is 14.8 Å². The topological polar surface area (TPSA) is 56.3 Å². The summed E-state index contributed by atoms with van der Waals surface area (Å²) in [6.45, 7) is 6.75. The van der Waals surface area contributed by atoms with Crippen LogP contribution in [0, 0.1) is 5.92 Å². The molecule has 1 unspecified atom stereocenters. The van der Waals surface area contributed by atoms with Crippen LogP contribution in [-0.2, 0) is 0 Å². The van der Waals surface area contributed by atoms with Crippen LogP contribution in [0.1, 0.15) is 26.7 Å². The Morgan fingerprint density at radius 1 is 1.39 bits per heavy atom. The van der Waals surface area contributed by atoms with Gasteiger partial charge in [0.15, 0.2) is 0 Å². The van der Waals surface area contributed by atoms with E-state index in [1.54, 1.807) is 12.4 Å². The standard InChI is InChI=1S/C13H21N3O2/c1-10(2)18-13-8-15-7-12(16-13)17-9-11-4-3-5-14-6-11/h7-8,10-11,14H,3-6,9H2,1-2H3. The smallest absolute Gasteiger partial charge is 0.235 e. The summed E-state index contributed by atoms with van der Waals surface area (Å²) in [5.41, 5.74) is 0. The Morgan fingerprint density at radius 2 is 2.22 bits per heavy atom. The molecule has 1 N–H and O–H groups in total. The minimum absolute atomic E-state index is 0.0945. The molecule has 5 heteroatoms. The number of ether oxygens (including phenoxy) is 2. The molecule has 1 fully saturated rings. The average Bonchev–Trinajstić information content (AvgIpc) is 2.37. The normalized spacial score (nSPS) is 19.8. The molecule has 0 amide bonds. The first-order valence-corrected chi connectivity index (χ1v) is 6.56. The van der Waals surface area contributed by atoms with Crippen molar-refractivity contribution < 1.29 is 9.47 Å². The van der Waals surface area contributed by atoms with E-state index in [0.29, 0.717) is 24.3 Å². The van der Waals surface area contributed by atoms with Gasteiger partial charge in [-0.15, -0.1) is 0 Å². The van der Waals surface area contributed by atoms with E-state index in [0.717, 1.165) is 13.1 Å². The maximum absolute atomic E-state index is 5.67. The molecule has 0 radical (unpaired) electrons. The van der Waals surface area contributed by atoms with Crippen LogP contribution < -0.4 is 14.8 Å². The van der Waals surface area contributed by atoms with Crippen molar-refractivity contribution in [3.8, 4) is 11.8 Å². The molecule has 1 atom stereocenters. The van der Waals surface area contributed by atoms with E-state index in [2.05, 4.69) is 15.3 Å². The zero-order valence-electron chi connectivity index (χ0n) is 11.1. The second kappa shape index (κ2) is 6.54. The predicted molar refractivity (Wildman–Crippen MR) is 68.9 cm³/mol. The number of nitrogens with zero attached hydrogens (tertiary/aromatic N) is 2. The fourth-order valence-corrected chi connectivity index (χ4v) is 1.97. The summed E-state index contributed by atoms with van der Waals surface area (Å²) in [6, 6.07) is 0. The first kappa shape index (κ1) is 13.1. The van der Waals surface area contributed by atoms with Gasteiger partial charge in [-0.25, -0.2) is 0 Å². The maximum Gasteiger partial charge on any atom is 0.235 e. The van der Waals surface area contributed by atoms with Crippen LogP contribution in [0.4, 0.5) is 0 Å². The average molecular weight is 251 g/mol. The summed E-state index contributed by atoms with van der Waals surface area (Å²) < 4.78 is 11.2. The summed E-state index contributed by atoms with van der Waals surface area (Å²) in [4.78, 5) is 8.34. The van der Waals surface area contributed by atoms with E-state index in [9.17, 15) is 0 Å². The minimum Gasteiger partial charge on any atom is -0.476 e. The van der Waals surface area contributed by atoms with Crippen molar-refractivity contribution in [2.45, 2.75) is 32.8 Å². The van der Waals surface area contributed by atoms with Crippen molar-refractivity contribution in [2.75, 3.05) is 19.7 Å². The predicted octanol–water partition coefficient (Wildman–Crippen LogP) is 1.64. The van der Waals surface area contributed by atoms with Crippen molar-refractivity contribution in [1.29, 1.82) is 0 Å². The highest BCUT2D eigenvalue weighted by atomic mass is 16.5. The van der Waals surface area contributed by atoms with Gasteiger partial charge in [0.05, 0.1) is 25.1 Å². The van der Waals surface area contributed by atoms with Crippen LogP contribution in [0.5, 0.6) is 11.8 Å². The van der Waals surface area contributed by atoms with E-state index in [4.69, 9.17) is 9.47 Å². The van der Waals surface area contributed by atoms with E-state index in [-0.39, 0.29) is 6.10 Å². The molecule has 0 spiro atoms. The van der Waals surface area contributed by atoms with E-state index in [1.807, 2.05) is 13.8 Å². The maximum atomic E-state index is 5.67. The third-order valence-electron chi connectivity index (χ3n) is 2.81. The van der Waals surface area contributed by atoms with Crippen LogP contribution in [0.15, 0.2) is 12.4 Å². The number of hydrogen-bond acceptors (Lipinski definition) is 5. The lowest BCUT2D eigenvalue weighted by Crippen LogP contribution is -2.33. The van der Waals surface area contributed by atoms with Crippen LogP contribution >= 0.6 is 0 Å². The highest BCUT2D eigenvalue weighted by molar-refractivity contribution is 5.12. The summed E-state index contributed by atoms with van der Waals surface area (Å²) in [5, 5.41) is 3.37. The third-order valence-corrected chi connectivity index (χ3v) is 2.81. The Balaban J connectivity index is 1.84. The van der Waals surface area contributed by atoms with Crippen molar-refractivity contribution in [3.05, 3.63) is 12.4 Å².